The van der Waals surface area contributed by atoms with E-state index in [1.54, 1.807) is 31.2 Å². The second-order valence-electron chi connectivity index (χ2n) is 9.07. The lowest BCUT2D eigenvalue weighted by molar-refractivity contribution is -0.143. The van der Waals surface area contributed by atoms with Gasteiger partial charge in [0.15, 0.2) is 0 Å². The Hall–Kier alpha value is -3.77. The molecule has 12 heteroatoms. The van der Waals surface area contributed by atoms with Gasteiger partial charge in [-0.25, -0.2) is 9.78 Å². The van der Waals surface area contributed by atoms with Gasteiger partial charge in [-0.3, -0.25) is 14.4 Å². The molecule has 0 fully saturated rings. The fourth-order valence-electron chi connectivity index (χ4n) is 3.58. The summed E-state index contributed by atoms with van der Waals surface area (Å²) in [6, 6.07) is 4.23. The molecule has 0 spiro atoms. The van der Waals surface area contributed by atoms with Gasteiger partial charge in [0.1, 0.15) is 24.2 Å². The van der Waals surface area contributed by atoms with Gasteiger partial charge in [0.05, 0.1) is 12.4 Å². The van der Waals surface area contributed by atoms with Crippen molar-refractivity contribution in [3.8, 4) is 0 Å². The summed E-state index contributed by atoms with van der Waals surface area (Å²) < 4.78 is 0. The van der Waals surface area contributed by atoms with Crippen molar-refractivity contribution in [1.29, 1.82) is 0 Å². The van der Waals surface area contributed by atoms with E-state index in [1.807, 2.05) is 13.0 Å². The van der Waals surface area contributed by atoms with Crippen molar-refractivity contribution in [2.75, 3.05) is 0 Å². The first-order chi connectivity index (χ1) is 17.5. The molecule has 37 heavy (non-hydrogen) atoms. The molecule has 12 nitrogen and oxygen atoms in total. The Labute approximate surface area is 215 Å². The molecule has 0 aliphatic carbocycles. The number of carboxylic acids is 1. The molecule has 6 unspecified atom stereocenters. The lowest BCUT2D eigenvalue weighted by Gasteiger charge is -2.27. The molecule has 3 amide bonds. The molecule has 8 N–H and O–H groups in total. The number of benzene rings is 1. The summed E-state index contributed by atoms with van der Waals surface area (Å²) in [7, 11) is 0. The van der Waals surface area contributed by atoms with Crippen LogP contribution in [0.3, 0.4) is 0 Å². The number of imidazole rings is 1. The number of aliphatic hydroxyl groups is 1. The largest absolute Gasteiger partial charge is 0.480 e. The first-order valence-electron chi connectivity index (χ1n) is 12.1. The quantitative estimate of drug-likeness (QED) is 0.174. The standard InChI is InChI=1S/C25H36N6O6/c1-4-14(2)21(25(36)37)31-23(34)18(10-16-8-6-5-7-9-16)29-22(33)19(11-17-12-27-13-28-17)30-24(35)20(26)15(3)32/h5-9,12-15,18-21,32H,4,10-11,26H2,1-3H3,(H,27,28)(H,29,33)(H,30,35)(H,31,34)(H,36,37). The minimum absolute atomic E-state index is 0.00833. The zero-order valence-corrected chi connectivity index (χ0v) is 21.2. The number of nitrogens with one attached hydrogen (secondary N) is 4. The van der Waals surface area contributed by atoms with Gasteiger partial charge in [-0.15, -0.1) is 0 Å². The van der Waals surface area contributed by atoms with Gasteiger partial charge in [-0.2, -0.15) is 0 Å². The highest BCUT2D eigenvalue weighted by Gasteiger charge is 2.32. The van der Waals surface area contributed by atoms with Crippen LogP contribution in [0.5, 0.6) is 0 Å². The zero-order chi connectivity index (χ0) is 27.5. The monoisotopic (exact) mass is 516 g/mol. The number of aliphatic hydroxyl groups excluding tert-OH is 1. The van der Waals surface area contributed by atoms with Crippen LogP contribution in [0.2, 0.25) is 0 Å². The molecule has 0 saturated carbocycles. The fraction of sp³-hybridized carbons (Fsp3) is 0.480. The van der Waals surface area contributed by atoms with Crippen molar-refractivity contribution in [1.82, 2.24) is 25.9 Å². The van der Waals surface area contributed by atoms with Crippen LogP contribution in [0.4, 0.5) is 0 Å². The van der Waals surface area contributed by atoms with Crippen LogP contribution in [0.15, 0.2) is 42.9 Å². The SMILES string of the molecule is CCC(C)C(NC(=O)C(Cc1ccccc1)NC(=O)C(Cc1cnc[nH]1)NC(=O)C(N)C(C)O)C(=O)O. The molecule has 2 rings (SSSR count). The van der Waals surface area contributed by atoms with E-state index in [4.69, 9.17) is 5.73 Å². The van der Waals surface area contributed by atoms with Gasteiger partial charge in [0.2, 0.25) is 17.7 Å². The number of nitrogens with two attached hydrogens (primary N) is 1. The molecule has 0 aliphatic rings. The Morgan fingerprint density at radius 3 is 2.11 bits per heavy atom. The van der Waals surface area contributed by atoms with Crippen LogP contribution >= 0.6 is 0 Å². The molecule has 1 aromatic heterocycles. The molecule has 202 valence electrons. The van der Waals surface area contributed by atoms with Crippen LogP contribution in [-0.4, -0.2) is 74.1 Å². The van der Waals surface area contributed by atoms with E-state index in [-0.39, 0.29) is 18.8 Å². The van der Waals surface area contributed by atoms with E-state index in [0.717, 1.165) is 5.56 Å². The number of hydrogen-bond acceptors (Lipinski definition) is 7. The maximum absolute atomic E-state index is 13.4. The van der Waals surface area contributed by atoms with Crippen molar-refractivity contribution < 1.29 is 29.4 Å². The average Bonchev–Trinajstić information content (AvgIpc) is 3.38. The van der Waals surface area contributed by atoms with Crippen LogP contribution in [-0.2, 0) is 32.0 Å². The molecule has 0 saturated heterocycles. The molecule has 1 aromatic carbocycles. The summed E-state index contributed by atoms with van der Waals surface area (Å²) >= 11 is 0. The van der Waals surface area contributed by atoms with Crippen molar-refractivity contribution in [2.24, 2.45) is 11.7 Å². The smallest absolute Gasteiger partial charge is 0.326 e. The molecule has 1 heterocycles. The predicted octanol–water partition coefficient (Wildman–Crippen LogP) is -0.512. The number of aliphatic carboxylic acids is 1. The van der Waals surface area contributed by atoms with E-state index < -0.39 is 54.0 Å². The number of nitrogens with zero attached hydrogens (tertiary/aromatic N) is 1. The Morgan fingerprint density at radius 1 is 0.973 bits per heavy atom. The van der Waals surface area contributed by atoms with Gasteiger partial charge < -0.3 is 36.9 Å². The third-order valence-corrected chi connectivity index (χ3v) is 6.13. The van der Waals surface area contributed by atoms with Gasteiger partial charge in [0, 0.05) is 24.7 Å². The number of carboxylic acid groups (broad SMARTS) is 1. The number of H-pyrrole nitrogens is 1. The topological polar surface area (TPSA) is 200 Å². The van der Waals surface area contributed by atoms with Crippen LogP contribution in [0.1, 0.15) is 38.4 Å². The van der Waals surface area contributed by atoms with E-state index in [2.05, 4.69) is 25.9 Å². The molecule has 0 aliphatic heterocycles. The molecule has 0 bridgehead atoms. The molecule has 6 atom stereocenters. The van der Waals surface area contributed by atoms with Crippen LogP contribution in [0, 0.1) is 5.92 Å². The number of aromatic amines is 1. The minimum atomic E-state index is -1.27. The molecular weight excluding hydrogens is 480 g/mol. The maximum atomic E-state index is 13.4. The fourth-order valence-corrected chi connectivity index (χ4v) is 3.58. The van der Waals surface area contributed by atoms with Gasteiger partial charge in [-0.05, 0) is 18.4 Å². The number of hydrogen-bond donors (Lipinski definition) is 7. The normalized spacial score (nSPS) is 15.9. The lowest BCUT2D eigenvalue weighted by Crippen LogP contribution is -2.59. The number of amides is 3. The Bertz CT molecular complexity index is 1030. The highest BCUT2D eigenvalue weighted by atomic mass is 16.4. The molecule has 0 radical (unpaired) electrons. The Morgan fingerprint density at radius 2 is 1.57 bits per heavy atom. The summed E-state index contributed by atoms with van der Waals surface area (Å²) in [6.07, 6.45) is 2.37. The van der Waals surface area contributed by atoms with Gasteiger partial charge >= 0.3 is 5.97 Å². The summed E-state index contributed by atoms with van der Waals surface area (Å²) in [6.45, 7) is 4.88. The lowest BCUT2D eigenvalue weighted by atomic mass is 9.98. The Balaban J connectivity index is 2.29. The molecular formula is C25H36N6O6. The van der Waals surface area contributed by atoms with E-state index in [0.29, 0.717) is 12.1 Å². The van der Waals surface area contributed by atoms with Crippen LogP contribution < -0.4 is 21.7 Å². The number of aromatic nitrogens is 2. The Kier molecular flexibility index (Phi) is 11.2. The first-order valence-corrected chi connectivity index (χ1v) is 12.1. The number of rotatable bonds is 14. The second-order valence-corrected chi connectivity index (χ2v) is 9.07. The minimum Gasteiger partial charge on any atom is -0.480 e. The van der Waals surface area contributed by atoms with Crippen molar-refractivity contribution >= 4 is 23.7 Å². The second kappa shape index (κ2) is 14.1. The van der Waals surface area contributed by atoms with E-state index in [1.165, 1.54) is 19.4 Å². The van der Waals surface area contributed by atoms with Crippen molar-refractivity contribution in [2.45, 2.75) is 70.3 Å². The van der Waals surface area contributed by atoms with E-state index >= 15 is 0 Å². The van der Waals surface area contributed by atoms with Crippen molar-refractivity contribution in [3.63, 3.8) is 0 Å². The first kappa shape index (κ1) is 29.5. The maximum Gasteiger partial charge on any atom is 0.326 e. The van der Waals surface area contributed by atoms with Crippen LogP contribution in [0.25, 0.3) is 0 Å². The number of carbonyl (C=O) groups is 4. The summed E-state index contributed by atoms with van der Waals surface area (Å²) in [5.74, 6) is -3.63. The predicted molar refractivity (Wildman–Crippen MR) is 135 cm³/mol. The zero-order valence-electron chi connectivity index (χ0n) is 21.2. The summed E-state index contributed by atoms with van der Waals surface area (Å²) in [5.41, 5.74) is 7.00. The van der Waals surface area contributed by atoms with Crippen molar-refractivity contribution in [3.05, 3.63) is 54.1 Å². The summed E-state index contributed by atoms with van der Waals surface area (Å²) in [5, 5.41) is 27.0. The highest BCUT2D eigenvalue weighted by molar-refractivity contribution is 5.94. The summed E-state index contributed by atoms with van der Waals surface area (Å²) in [4.78, 5) is 57.6. The highest BCUT2D eigenvalue weighted by Crippen LogP contribution is 2.10. The third-order valence-electron chi connectivity index (χ3n) is 6.13. The van der Waals surface area contributed by atoms with Gasteiger partial charge in [0.25, 0.3) is 0 Å². The van der Waals surface area contributed by atoms with E-state index in [9.17, 15) is 29.4 Å². The average molecular weight is 517 g/mol. The molecule has 2 aromatic rings. The van der Waals surface area contributed by atoms with Gasteiger partial charge in [-0.1, -0.05) is 50.6 Å². The number of carbonyl (C=O) groups excluding carboxylic acids is 3. The third kappa shape index (κ3) is 8.99.